The molecule has 5 aromatic rings. The highest BCUT2D eigenvalue weighted by Crippen LogP contribution is 2.22. The summed E-state index contributed by atoms with van der Waals surface area (Å²) in [7, 11) is 0. The van der Waals surface area contributed by atoms with E-state index < -0.39 is 5.82 Å². The Labute approximate surface area is 222 Å². The van der Waals surface area contributed by atoms with Crippen LogP contribution in [0.2, 0.25) is 0 Å². The van der Waals surface area contributed by atoms with Gasteiger partial charge in [0.2, 0.25) is 0 Å². The number of nitrogens with zero attached hydrogens (tertiary/aromatic N) is 5. The van der Waals surface area contributed by atoms with E-state index in [1.807, 2.05) is 24.3 Å². The third kappa shape index (κ3) is 4.84. The average Bonchev–Trinajstić information content (AvgIpc) is 3.37. The molecule has 0 saturated carbocycles. The first-order valence-corrected chi connectivity index (χ1v) is 12.8. The molecular formula is C28H27FN8O2. The number of amides is 1. The number of piperazine rings is 1. The van der Waals surface area contributed by atoms with Gasteiger partial charge in [-0.15, -0.1) is 0 Å². The first kappa shape index (κ1) is 24.7. The van der Waals surface area contributed by atoms with Crippen molar-refractivity contribution >= 4 is 33.7 Å². The van der Waals surface area contributed by atoms with Crippen LogP contribution in [-0.2, 0) is 12.8 Å². The average molecular weight is 527 g/mol. The summed E-state index contributed by atoms with van der Waals surface area (Å²) in [5.74, 6) is 0.689. The Balaban J connectivity index is 1.16. The number of imidazole rings is 1. The Morgan fingerprint density at radius 3 is 2.59 bits per heavy atom. The number of anilines is 1. The van der Waals surface area contributed by atoms with Crippen molar-refractivity contribution in [3.63, 3.8) is 0 Å². The normalized spacial score (nSPS) is 13.9. The van der Waals surface area contributed by atoms with Gasteiger partial charge in [0.05, 0.1) is 16.6 Å². The number of hydrogen-bond donors (Lipinski definition) is 3. The highest BCUT2D eigenvalue weighted by atomic mass is 19.1. The summed E-state index contributed by atoms with van der Waals surface area (Å²) in [5, 5.41) is 7.99. The molecule has 4 N–H and O–H groups in total. The second-order valence-electron chi connectivity index (χ2n) is 9.57. The summed E-state index contributed by atoms with van der Waals surface area (Å²) in [5.41, 5.74) is 8.27. The van der Waals surface area contributed by atoms with Gasteiger partial charge in [0.15, 0.2) is 5.65 Å². The van der Waals surface area contributed by atoms with Crippen LogP contribution in [0, 0.1) is 5.82 Å². The summed E-state index contributed by atoms with van der Waals surface area (Å²) in [6.07, 6.45) is 1.00. The van der Waals surface area contributed by atoms with Gasteiger partial charge in [0, 0.05) is 44.4 Å². The van der Waals surface area contributed by atoms with Crippen molar-refractivity contribution in [3.8, 4) is 0 Å². The number of carbonyl (C=O) groups excluding carboxylic acids is 1. The number of H-pyrrole nitrogens is 2. The number of nitrogens with two attached hydrogens (primary N) is 1. The minimum Gasteiger partial charge on any atom is -0.353 e. The summed E-state index contributed by atoms with van der Waals surface area (Å²) >= 11 is 0. The van der Waals surface area contributed by atoms with Crippen LogP contribution in [-0.4, -0.2) is 68.7 Å². The van der Waals surface area contributed by atoms with E-state index in [-0.39, 0.29) is 17.0 Å². The highest BCUT2D eigenvalue weighted by molar-refractivity contribution is 5.95. The lowest BCUT2D eigenvalue weighted by atomic mass is 10.0. The molecule has 198 valence electrons. The molecule has 1 aliphatic rings. The minimum atomic E-state index is -0.565. The predicted molar refractivity (Wildman–Crippen MR) is 146 cm³/mol. The zero-order chi connectivity index (χ0) is 26.9. The van der Waals surface area contributed by atoms with Gasteiger partial charge in [-0.3, -0.25) is 9.59 Å². The molecular weight excluding hydrogens is 499 g/mol. The first-order chi connectivity index (χ1) is 19.0. The number of fused-ring (bicyclic) bond motifs is 2. The lowest BCUT2D eigenvalue weighted by molar-refractivity contribution is 0.0741. The topological polar surface area (TPSA) is 137 Å². The Morgan fingerprint density at radius 2 is 1.79 bits per heavy atom. The molecule has 0 unspecified atom stereocenters. The van der Waals surface area contributed by atoms with Crippen molar-refractivity contribution in [1.82, 2.24) is 30.0 Å². The van der Waals surface area contributed by atoms with Crippen molar-refractivity contribution < 1.29 is 9.18 Å². The molecule has 4 heterocycles. The number of nitrogens with one attached hydrogen (secondary N) is 2. The number of aromatic nitrogens is 5. The van der Waals surface area contributed by atoms with E-state index in [1.54, 1.807) is 29.2 Å². The number of hydrogen-bond acceptors (Lipinski definition) is 7. The van der Waals surface area contributed by atoms with Crippen molar-refractivity contribution in [1.29, 1.82) is 0 Å². The Bertz CT molecular complexity index is 1740. The molecule has 10 nitrogen and oxygen atoms in total. The van der Waals surface area contributed by atoms with Gasteiger partial charge < -0.3 is 20.5 Å². The molecule has 0 atom stereocenters. The molecule has 11 heteroatoms. The Kier molecular flexibility index (Phi) is 6.49. The van der Waals surface area contributed by atoms with Crippen LogP contribution in [0.5, 0.6) is 0 Å². The van der Waals surface area contributed by atoms with Crippen LogP contribution in [0.25, 0.3) is 21.9 Å². The largest absolute Gasteiger partial charge is 0.353 e. The molecule has 1 fully saturated rings. The van der Waals surface area contributed by atoms with E-state index in [0.717, 1.165) is 28.1 Å². The lowest BCUT2D eigenvalue weighted by Crippen LogP contribution is -2.49. The number of aromatic amines is 2. The Hall–Kier alpha value is -4.64. The summed E-state index contributed by atoms with van der Waals surface area (Å²) < 4.78 is 14.8. The summed E-state index contributed by atoms with van der Waals surface area (Å²) in [6.45, 7) is 2.53. The molecule has 3 aromatic heterocycles. The zero-order valence-electron chi connectivity index (χ0n) is 21.2. The molecule has 39 heavy (non-hydrogen) atoms. The maximum absolute atomic E-state index is 14.8. The fraction of sp³-hybridized carbons (Fsp3) is 0.250. The van der Waals surface area contributed by atoms with Crippen molar-refractivity contribution in [2.45, 2.75) is 12.8 Å². The minimum absolute atomic E-state index is 0.0270. The molecule has 0 bridgehead atoms. The van der Waals surface area contributed by atoms with Gasteiger partial charge in [-0.25, -0.2) is 19.5 Å². The molecule has 0 radical (unpaired) electrons. The fourth-order valence-corrected chi connectivity index (χ4v) is 5.02. The van der Waals surface area contributed by atoms with E-state index in [4.69, 9.17) is 10.7 Å². The third-order valence-electron chi connectivity index (χ3n) is 7.06. The van der Waals surface area contributed by atoms with Gasteiger partial charge in [-0.2, -0.15) is 5.10 Å². The van der Waals surface area contributed by atoms with Crippen LogP contribution in [0.4, 0.5) is 10.2 Å². The molecule has 1 saturated heterocycles. The second-order valence-corrected chi connectivity index (χ2v) is 9.57. The number of pyridine rings is 1. The molecule has 0 aliphatic carbocycles. The van der Waals surface area contributed by atoms with Crippen molar-refractivity contribution in [2.24, 2.45) is 5.73 Å². The number of halogens is 1. The third-order valence-corrected chi connectivity index (χ3v) is 7.06. The first-order valence-electron chi connectivity index (χ1n) is 12.8. The molecule has 6 rings (SSSR count). The smallest absolute Gasteiger partial charge is 0.272 e. The monoisotopic (exact) mass is 526 g/mol. The molecule has 2 aromatic carbocycles. The SMILES string of the molecule is NCCc1nc2ccc(N3CCN(C(=O)c4cc(Cc5n[nH]c(=O)c6ccccc56)ccc4F)CC3)nc2[nH]1. The van der Waals surface area contributed by atoms with E-state index in [1.165, 1.54) is 6.07 Å². The van der Waals surface area contributed by atoms with Crippen LogP contribution in [0.15, 0.2) is 59.4 Å². The number of benzene rings is 2. The maximum atomic E-state index is 14.8. The van der Waals surface area contributed by atoms with Gasteiger partial charge >= 0.3 is 0 Å². The van der Waals surface area contributed by atoms with E-state index >= 15 is 0 Å². The van der Waals surface area contributed by atoms with Crippen molar-refractivity contribution in [3.05, 3.63) is 93.4 Å². The highest BCUT2D eigenvalue weighted by Gasteiger charge is 2.25. The van der Waals surface area contributed by atoms with Gasteiger partial charge in [-0.1, -0.05) is 24.3 Å². The molecule has 1 aliphatic heterocycles. The quantitative estimate of drug-likeness (QED) is 0.309. The van der Waals surface area contributed by atoms with Crippen LogP contribution in [0.3, 0.4) is 0 Å². The van der Waals surface area contributed by atoms with Gasteiger partial charge in [0.1, 0.15) is 23.0 Å². The van der Waals surface area contributed by atoms with Crippen LogP contribution in [0.1, 0.15) is 27.4 Å². The summed E-state index contributed by atoms with van der Waals surface area (Å²) in [6, 6.07) is 15.6. The molecule has 1 amide bonds. The van der Waals surface area contributed by atoms with Crippen LogP contribution < -0.4 is 16.2 Å². The fourth-order valence-electron chi connectivity index (χ4n) is 5.02. The van der Waals surface area contributed by atoms with Gasteiger partial charge in [-0.05, 0) is 42.4 Å². The van der Waals surface area contributed by atoms with Crippen LogP contribution >= 0.6 is 0 Å². The standard InChI is InChI=1S/C28H27FN8O2/c29-21-6-5-17(16-23-18-3-1-2-4-19(18)27(38)35-34-23)15-20(21)28(39)37-13-11-36(12-14-37)25-8-7-22-26(33-25)32-24(31-22)9-10-30/h1-8,15H,9-14,16,30H2,(H,35,38)(H,31,32,33). The second kappa shape index (κ2) is 10.3. The molecule has 0 spiro atoms. The lowest BCUT2D eigenvalue weighted by Gasteiger charge is -2.35. The maximum Gasteiger partial charge on any atom is 0.272 e. The predicted octanol–water partition coefficient (Wildman–Crippen LogP) is 2.39. The van der Waals surface area contributed by atoms with E-state index in [9.17, 15) is 14.0 Å². The van der Waals surface area contributed by atoms with Crippen molar-refractivity contribution in [2.75, 3.05) is 37.6 Å². The Morgan fingerprint density at radius 1 is 1.00 bits per heavy atom. The van der Waals surface area contributed by atoms with Gasteiger partial charge in [0.25, 0.3) is 11.5 Å². The summed E-state index contributed by atoms with van der Waals surface area (Å²) in [4.78, 5) is 41.6. The van der Waals surface area contributed by atoms with E-state index in [2.05, 4.69) is 25.1 Å². The zero-order valence-corrected chi connectivity index (χ0v) is 21.2. The number of carbonyl (C=O) groups is 1. The number of rotatable bonds is 6. The van der Waals surface area contributed by atoms with E-state index in [0.29, 0.717) is 62.3 Å².